The van der Waals surface area contributed by atoms with Gasteiger partial charge in [0.1, 0.15) is 0 Å². The van der Waals surface area contributed by atoms with Crippen LogP contribution in [0.2, 0.25) is 0 Å². The van der Waals surface area contributed by atoms with Crippen molar-refractivity contribution >= 4 is 15.8 Å². The molecule has 0 aliphatic heterocycles. The molecule has 0 aromatic carbocycles. The summed E-state index contributed by atoms with van der Waals surface area (Å²) in [5.41, 5.74) is 0. The van der Waals surface area contributed by atoms with Crippen molar-refractivity contribution < 1.29 is 44.5 Å². The van der Waals surface area contributed by atoms with Gasteiger partial charge in [-0.2, -0.15) is 0 Å². The third kappa shape index (κ3) is 6960. The Morgan fingerprint density at radius 3 is 0.778 bits per heavy atom. The molecule has 0 aromatic heterocycles. The molecule has 0 heterocycles. The summed E-state index contributed by atoms with van der Waals surface area (Å²) in [7, 11) is -6.74. The Balaban J connectivity index is -0.0000000720. The molecule has 0 aliphatic carbocycles. The van der Waals surface area contributed by atoms with Crippen molar-refractivity contribution in [1.29, 1.82) is 0 Å². The van der Waals surface area contributed by atoms with Crippen LogP contribution in [0.25, 0.3) is 0 Å². The molecule has 0 radical (unpaired) electrons. The predicted octanol–water partition coefficient (Wildman–Crippen LogP) is -1.13. The summed E-state index contributed by atoms with van der Waals surface area (Å²) in [6, 6.07) is 0. The second kappa shape index (κ2) is 11.1. The topological polar surface area (TPSA) is 114 Å². The Labute approximate surface area is 61.0 Å². The van der Waals surface area contributed by atoms with E-state index in [1.165, 1.54) is 0 Å². The van der Waals surface area contributed by atoms with E-state index in [-0.39, 0.29) is 16.5 Å². The Hall–Kier alpha value is 0.214. The average Bonchev–Trinajstić information content (AvgIpc) is 1.25. The van der Waals surface area contributed by atoms with E-state index in [1.54, 1.807) is 0 Å². The van der Waals surface area contributed by atoms with Gasteiger partial charge in [0, 0.05) is 0 Å². The molecule has 6 nitrogen and oxygen atoms in total. The summed E-state index contributed by atoms with van der Waals surface area (Å²) in [5.74, 6) is 0. The van der Waals surface area contributed by atoms with Crippen molar-refractivity contribution in [2.75, 3.05) is 0 Å². The van der Waals surface area contributed by atoms with Gasteiger partial charge in [0.2, 0.25) is 15.8 Å². The molecule has 0 saturated heterocycles. The van der Waals surface area contributed by atoms with E-state index in [2.05, 4.69) is 0 Å². The van der Waals surface area contributed by atoms with E-state index in [0.29, 0.717) is 0 Å². The van der Waals surface area contributed by atoms with Crippen LogP contribution in [-0.4, -0.2) is 0 Å². The maximum absolute atomic E-state index is 8.48. The van der Waals surface area contributed by atoms with Gasteiger partial charge in [-0.25, -0.2) is 0 Å². The zero-order valence-electron chi connectivity index (χ0n) is 3.66. The number of rotatable bonds is 0. The quantitative estimate of drug-likeness (QED) is 0.374. The Morgan fingerprint density at radius 2 is 0.778 bits per heavy atom. The van der Waals surface area contributed by atoms with Crippen molar-refractivity contribution in [2.45, 2.75) is 0 Å². The van der Waals surface area contributed by atoms with Crippen molar-refractivity contribution in [2.24, 2.45) is 0 Å². The van der Waals surface area contributed by atoms with Crippen LogP contribution in [0.15, 0.2) is 0 Å². The molecule has 9 heavy (non-hydrogen) atoms. The van der Waals surface area contributed by atoms with Crippen LogP contribution < -0.4 is 9.79 Å². The standard InChI is InChI=1S/Ni.2HO3P/c;2*1-4(2)3/h;2*(H,1,2,3)/q+2;;/p-2. The fraction of sp³-hybridized carbons (Fsp3) is 0. The van der Waals surface area contributed by atoms with E-state index >= 15 is 0 Å². The van der Waals surface area contributed by atoms with Crippen molar-refractivity contribution in [3.05, 3.63) is 0 Å². The molecule has 0 unspecified atom stereocenters. The summed E-state index contributed by atoms with van der Waals surface area (Å²) in [6.07, 6.45) is 0. The molecule has 0 spiro atoms. The van der Waals surface area contributed by atoms with Crippen molar-refractivity contribution in [3.63, 3.8) is 0 Å². The molecule has 9 heteroatoms. The van der Waals surface area contributed by atoms with E-state index in [1.807, 2.05) is 0 Å². The van der Waals surface area contributed by atoms with Gasteiger partial charge >= 0.3 is 16.5 Å². The van der Waals surface area contributed by atoms with Crippen LogP contribution in [0, 0.1) is 0 Å². The van der Waals surface area contributed by atoms with Gasteiger partial charge < -0.3 is 9.79 Å². The Bertz CT molecular complexity index is 128. The molecule has 0 N–H and O–H groups in total. The fourth-order valence-electron chi connectivity index (χ4n) is 0. The summed E-state index contributed by atoms with van der Waals surface area (Å²) in [6.45, 7) is 0. The second-order valence-electron chi connectivity index (χ2n) is 0.447. The molecule has 0 rings (SSSR count). The predicted molar refractivity (Wildman–Crippen MR) is 16.6 cm³/mol. The monoisotopic (exact) mass is 216 g/mol. The minimum absolute atomic E-state index is 0. The van der Waals surface area contributed by atoms with Gasteiger partial charge in [-0.05, 0) is 0 Å². The van der Waals surface area contributed by atoms with Gasteiger partial charge in [-0.1, -0.05) is 0 Å². The molecule has 0 atom stereocenters. The molecule has 56 valence electrons. The number of hydrogen-bond acceptors (Lipinski definition) is 6. The average molecular weight is 217 g/mol. The first-order valence-electron chi connectivity index (χ1n) is 1.10. The van der Waals surface area contributed by atoms with Crippen LogP contribution >= 0.6 is 15.8 Å². The first-order valence-corrected chi connectivity index (χ1v) is 3.29. The molecule has 0 amide bonds. The molecular formula is NiO6P2. The molecule has 0 saturated carbocycles. The molecule has 0 bridgehead atoms. The first kappa shape index (κ1) is 16.1. The SMILES string of the molecule is O=P(=O)[O-].O=P(=O)[O-].[Ni+2]. The maximum atomic E-state index is 8.48. The largest absolute Gasteiger partial charge is 2.00 e. The van der Waals surface area contributed by atoms with E-state index in [0.717, 1.165) is 0 Å². The van der Waals surface area contributed by atoms with Gasteiger partial charge in [-0.15, -0.1) is 0 Å². The van der Waals surface area contributed by atoms with Gasteiger partial charge in [-0.3, -0.25) is 18.3 Å². The summed E-state index contributed by atoms with van der Waals surface area (Å²) >= 11 is 0. The summed E-state index contributed by atoms with van der Waals surface area (Å²) in [4.78, 5) is 17.0. The van der Waals surface area contributed by atoms with Crippen LogP contribution in [0.4, 0.5) is 0 Å². The third-order valence-corrected chi connectivity index (χ3v) is 0. The third-order valence-electron chi connectivity index (χ3n) is 0. The first-order chi connectivity index (χ1) is 3.46. The van der Waals surface area contributed by atoms with Crippen LogP contribution in [0.3, 0.4) is 0 Å². The number of hydrogen-bond donors (Lipinski definition) is 0. The van der Waals surface area contributed by atoms with Crippen LogP contribution in [0.1, 0.15) is 0 Å². The van der Waals surface area contributed by atoms with E-state index < -0.39 is 15.8 Å². The van der Waals surface area contributed by atoms with Crippen LogP contribution in [0.5, 0.6) is 0 Å². The zero-order valence-corrected chi connectivity index (χ0v) is 6.44. The molecular weight excluding hydrogens is 217 g/mol. The smallest absolute Gasteiger partial charge is 0.744 e. The van der Waals surface area contributed by atoms with Crippen molar-refractivity contribution in [3.8, 4) is 0 Å². The Kier molecular flexibility index (Phi) is 19.8. The minimum atomic E-state index is -3.37. The maximum Gasteiger partial charge on any atom is 2.00 e. The fourth-order valence-corrected chi connectivity index (χ4v) is 0. The Morgan fingerprint density at radius 1 is 0.778 bits per heavy atom. The summed E-state index contributed by atoms with van der Waals surface area (Å²) in [5, 5.41) is 0. The van der Waals surface area contributed by atoms with Crippen molar-refractivity contribution in [1.82, 2.24) is 0 Å². The van der Waals surface area contributed by atoms with E-state index in [4.69, 9.17) is 28.0 Å². The summed E-state index contributed by atoms with van der Waals surface area (Å²) < 4.78 is 33.9. The molecule has 0 fully saturated rings. The van der Waals surface area contributed by atoms with Gasteiger partial charge in [0.15, 0.2) is 0 Å². The van der Waals surface area contributed by atoms with Crippen LogP contribution in [-0.2, 0) is 34.8 Å². The molecule has 0 aromatic rings. The molecule has 0 aliphatic rings. The van der Waals surface area contributed by atoms with Gasteiger partial charge in [0.05, 0.1) is 0 Å². The normalized spacial score (nSPS) is 5.56. The van der Waals surface area contributed by atoms with Gasteiger partial charge in [0.25, 0.3) is 0 Å². The van der Waals surface area contributed by atoms with E-state index in [9.17, 15) is 0 Å². The zero-order chi connectivity index (χ0) is 7.15. The second-order valence-corrected chi connectivity index (χ2v) is 1.34. The minimum Gasteiger partial charge on any atom is -0.744 e.